The number of nitrogens with zero attached hydrogens (tertiary/aromatic N) is 5. The highest BCUT2D eigenvalue weighted by Gasteiger charge is 2.14. The van der Waals surface area contributed by atoms with Gasteiger partial charge in [0, 0.05) is 26.8 Å². The summed E-state index contributed by atoms with van der Waals surface area (Å²) in [6.45, 7) is 4.31. The van der Waals surface area contributed by atoms with Crippen LogP contribution in [0.3, 0.4) is 0 Å². The number of benzene rings is 2. The van der Waals surface area contributed by atoms with E-state index in [1.807, 2.05) is 49.7 Å². The molecule has 0 aliphatic rings. The smallest absolute Gasteiger partial charge is 0.328 e. The number of carbonyl (C=O) groups excluding carboxylic acids is 1. The van der Waals surface area contributed by atoms with Crippen molar-refractivity contribution >= 4 is 34.4 Å². The van der Waals surface area contributed by atoms with Crippen molar-refractivity contribution in [3.05, 3.63) is 63.8 Å². The van der Waals surface area contributed by atoms with E-state index in [4.69, 9.17) is 4.74 Å². The Balaban J connectivity index is 1.37. The van der Waals surface area contributed by atoms with Gasteiger partial charge in [0.2, 0.25) is 5.91 Å². The van der Waals surface area contributed by atoms with Crippen LogP contribution in [-0.4, -0.2) is 35.6 Å². The van der Waals surface area contributed by atoms with Crippen molar-refractivity contribution in [2.24, 2.45) is 21.1 Å². The molecule has 0 atom stereocenters. The van der Waals surface area contributed by atoms with Gasteiger partial charge in [-0.1, -0.05) is 30.0 Å². The molecule has 172 valence electrons. The number of hydrogen-bond acceptors (Lipinski definition) is 6. The van der Waals surface area contributed by atoms with Gasteiger partial charge in [-0.15, -0.1) is 10.2 Å². The molecule has 1 amide bonds. The van der Waals surface area contributed by atoms with Gasteiger partial charge in [-0.3, -0.25) is 13.9 Å². The molecule has 2 aromatic carbocycles. The fourth-order valence-corrected chi connectivity index (χ4v) is 4.40. The maximum Gasteiger partial charge on any atom is 0.328 e. The van der Waals surface area contributed by atoms with Crippen molar-refractivity contribution in [1.82, 2.24) is 23.9 Å². The highest BCUT2D eigenvalue weighted by molar-refractivity contribution is 7.99. The molecular formula is C23H26N6O3S. The van der Waals surface area contributed by atoms with Crippen LogP contribution >= 0.6 is 11.8 Å². The number of nitrogens with one attached hydrogen (secondary N) is 1. The number of amides is 1. The van der Waals surface area contributed by atoms with Crippen LogP contribution in [0, 0.1) is 13.8 Å². The molecule has 1 N–H and O–H groups in total. The van der Waals surface area contributed by atoms with Gasteiger partial charge in [-0.05, 0) is 43.2 Å². The summed E-state index contributed by atoms with van der Waals surface area (Å²) in [5.41, 5.74) is 4.23. The zero-order valence-corrected chi connectivity index (χ0v) is 20.1. The molecule has 2 heterocycles. The number of thioether (sulfide) groups is 1. The van der Waals surface area contributed by atoms with Gasteiger partial charge < -0.3 is 14.6 Å². The second-order valence-corrected chi connectivity index (χ2v) is 8.85. The third kappa shape index (κ3) is 4.51. The van der Waals surface area contributed by atoms with Crippen LogP contribution < -0.4 is 15.7 Å². The number of anilines is 1. The van der Waals surface area contributed by atoms with Crippen molar-refractivity contribution in [2.75, 3.05) is 11.1 Å². The van der Waals surface area contributed by atoms with E-state index in [2.05, 4.69) is 15.5 Å². The predicted octanol–water partition coefficient (Wildman–Crippen LogP) is 2.93. The maximum atomic E-state index is 12.5. The Bertz CT molecular complexity index is 1380. The number of rotatable bonds is 7. The third-order valence-electron chi connectivity index (χ3n) is 5.57. The Morgan fingerprint density at radius 2 is 1.70 bits per heavy atom. The molecule has 0 spiro atoms. The molecular weight excluding hydrogens is 440 g/mol. The molecule has 4 rings (SSSR count). The van der Waals surface area contributed by atoms with Crippen molar-refractivity contribution in [2.45, 2.75) is 25.6 Å². The van der Waals surface area contributed by atoms with Gasteiger partial charge in [0.1, 0.15) is 12.4 Å². The molecule has 0 aliphatic heterocycles. The van der Waals surface area contributed by atoms with Crippen molar-refractivity contribution < 1.29 is 9.53 Å². The number of fused-ring (bicyclic) bond motifs is 1. The van der Waals surface area contributed by atoms with E-state index in [1.54, 1.807) is 35.4 Å². The van der Waals surface area contributed by atoms with Crippen LogP contribution in [0.15, 0.2) is 46.3 Å². The van der Waals surface area contributed by atoms with Crippen LogP contribution in [0.4, 0.5) is 5.69 Å². The summed E-state index contributed by atoms with van der Waals surface area (Å²) in [6, 6.07) is 11.4. The molecule has 0 saturated carbocycles. The summed E-state index contributed by atoms with van der Waals surface area (Å²) in [7, 11) is 5.29. The van der Waals surface area contributed by atoms with Crippen LogP contribution in [-0.2, 0) is 32.5 Å². The van der Waals surface area contributed by atoms with E-state index in [0.717, 1.165) is 27.9 Å². The fourth-order valence-electron chi connectivity index (χ4n) is 3.67. The lowest BCUT2D eigenvalue weighted by atomic mass is 10.1. The minimum Gasteiger partial charge on any atom is -0.485 e. The Kier molecular flexibility index (Phi) is 6.28. The number of ether oxygens (including phenoxy) is 1. The molecule has 0 radical (unpaired) electrons. The van der Waals surface area contributed by atoms with Crippen LogP contribution in [0.5, 0.6) is 5.75 Å². The molecule has 0 fully saturated rings. The maximum absolute atomic E-state index is 12.5. The zero-order chi connectivity index (χ0) is 23.7. The molecule has 0 bridgehead atoms. The molecule has 0 unspecified atom stereocenters. The third-order valence-corrected chi connectivity index (χ3v) is 6.59. The molecule has 0 saturated heterocycles. The fraction of sp³-hybridized carbons (Fsp3) is 0.304. The largest absolute Gasteiger partial charge is 0.485 e. The molecule has 0 aliphatic carbocycles. The number of aryl methyl sites for hydroxylation is 4. The van der Waals surface area contributed by atoms with Crippen LogP contribution in [0.1, 0.15) is 17.0 Å². The van der Waals surface area contributed by atoms with Crippen LogP contribution in [0.25, 0.3) is 11.0 Å². The number of aromatic nitrogens is 5. The van der Waals surface area contributed by atoms with E-state index in [1.165, 1.54) is 11.8 Å². The van der Waals surface area contributed by atoms with Gasteiger partial charge >= 0.3 is 5.69 Å². The molecule has 9 nitrogen and oxygen atoms in total. The van der Waals surface area contributed by atoms with Gasteiger partial charge in [0.15, 0.2) is 11.0 Å². The standard InChI is InChI=1S/C23H26N6O3S/c1-14-7-6-8-15(2)21(14)32-12-19-25-26-22(29(19)5)33-13-20(30)24-16-9-10-17-18(11-16)28(4)23(31)27(17)3/h6-11H,12-13H2,1-5H3,(H,24,30). The summed E-state index contributed by atoms with van der Waals surface area (Å²) < 4.78 is 10.9. The number of para-hydroxylation sites is 1. The molecule has 2 aromatic heterocycles. The minimum absolute atomic E-state index is 0.108. The highest BCUT2D eigenvalue weighted by Crippen LogP contribution is 2.24. The lowest BCUT2D eigenvalue weighted by molar-refractivity contribution is -0.113. The average Bonchev–Trinajstić information content (AvgIpc) is 3.24. The molecule has 4 aromatic rings. The zero-order valence-electron chi connectivity index (χ0n) is 19.2. The van der Waals surface area contributed by atoms with E-state index in [0.29, 0.717) is 16.7 Å². The Morgan fingerprint density at radius 3 is 2.42 bits per heavy atom. The highest BCUT2D eigenvalue weighted by atomic mass is 32.2. The summed E-state index contributed by atoms with van der Waals surface area (Å²) in [5.74, 6) is 1.53. The van der Waals surface area contributed by atoms with E-state index < -0.39 is 0 Å². The lowest BCUT2D eigenvalue weighted by Gasteiger charge is -2.11. The minimum atomic E-state index is -0.170. The Labute approximate surface area is 195 Å². The number of carbonyl (C=O) groups is 1. The second kappa shape index (κ2) is 9.14. The second-order valence-electron chi connectivity index (χ2n) is 7.91. The van der Waals surface area contributed by atoms with E-state index in [-0.39, 0.29) is 24.0 Å². The summed E-state index contributed by atoms with van der Waals surface area (Å²) in [5, 5.41) is 11.9. The molecule has 33 heavy (non-hydrogen) atoms. The van der Waals surface area contributed by atoms with E-state index in [9.17, 15) is 9.59 Å². The topological polar surface area (TPSA) is 96.0 Å². The monoisotopic (exact) mass is 466 g/mol. The first kappa shape index (κ1) is 22.7. The number of imidazole rings is 1. The van der Waals surface area contributed by atoms with Gasteiger partial charge in [-0.25, -0.2) is 4.79 Å². The first-order valence-electron chi connectivity index (χ1n) is 10.4. The lowest BCUT2D eigenvalue weighted by Crippen LogP contribution is -2.19. The quantitative estimate of drug-likeness (QED) is 0.421. The summed E-state index contributed by atoms with van der Waals surface area (Å²) >= 11 is 1.30. The number of hydrogen-bond donors (Lipinski definition) is 1. The predicted molar refractivity (Wildman–Crippen MR) is 129 cm³/mol. The normalized spacial score (nSPS) is 11.2. The van der Waals surface area contributed by atoms with Crippen LogP contribution in [0.2, 0.25) is 0 Å². The molecule has 10 heteroatoms. The Hall–Kier alpha value is -3.53. The summed E-state index contributed by atoms with van der Waals surface area (Å²) in [4.78, 5) is 24.6. The van der Waals surface area contributed by atoms with Crippen molar-refractivity contribution in [1.29, 1.82) is 0 Å². The summed E-state index contributed by atoms with van der Waals surface area (Å²) in [6.07, 6.45) is 0. The van der Waals surface area contributed by atoms with Gasteiger partial charge in [0.05, 0.1) is 16.8 Å². The van der Waals surface area contributed by atoms with Gasteiger partial charge in [0.25, 0.3) is 0 Å². The van der Waals surface area contributed by atoms with Crippen molar-refractivity contribution in [3.63, 3.8) is 0 Å². The SMILES string of the molecule is Cc1cccc(C)c1OCc1nnc(SCC(=O)Nc2ccc3c(c2)n(C)c(=O)n3C)n1C. The Morgan fingerprint density at radius 1 is 1.00 bits per heavy atom. The first-order chi connectivity index (χ1) is 15.8. The van der Waals surface area contributed by atoms with E-state index >= 15 is 0 Å². The first-order valence-corrected chi connectivity index (χ1v) is 11.4. The van der Waals surface area contributed by atoms with Crippen molar-refractivity contribution in [3.8, 4) is 5.75 Å². The van der Waals surface area contributed by atoms with Gasteiger partial charge in [-0.2, -0.15) is 0 Å². The average molecular weight is 467 g/mol.